The van der Waals surface area contributed by atoms with Crippen molar-refractivity contribution in [2.24, 2.45) is 0 Å². The van der Waals surface area contributed by atoms with E-state index in [-0.39, 0.29) is 5.41 Å². The van der Waals surface area contributed by atoms with E-state index in [9.17, 15) is 9.90 Å². The summed E-state index contributed by atoms with van der Waals surface area (Å²) in [5, 5.41) is 12.6. The number of hydrogen-bond acceptors (Lipinski definition) is 3. The Hall–Kier alpha value is -1.88. The van der Waals surface area contributed by atoms with Gasteiger partial charge in [-0.2, -0.15) is 0 Å². The second kappa shape index (κ2) is 7.16. The number of hydrogen-bond donors (Lipinski definition) is 0. The van der Waals surface area contributed by atoms with Crippen LogP contribution in [0.1, 0.15) is 19.4 Å². The molecule has 25 heavy (non-hydrogen) atoms. The number of carbonyl (C=O) groups is 1. The number of benzene rings is 2. The maximum atomic E-state index is 12.1. The van der Waals surface area contributed by atoms with Crippen molar-refractivity contribution >= 4 is 29.1 Å². The van der Waals surface area contributed by atoms with Gasteiger partial charge >= 0.3 is 0 Å². The molecule has 2 aromatic carbocycles. The average molecular weight is 361 g/mol. The zero-order chi connectivity index (χ0) is 18.8. The second-order valence-corrected chi connectivity index (χ2v) is 7.86. The fourth-order valence-corrected chi connectivity index (χ4v) is 3.39. The SMILES string of the molecule is CN(C)CC(C)(C)c1cccc([N+](C)(C(=O)[O-])c2cccc(Cl)c2)c1. The first-order valence-electron chi connectivity index (χ1n) is 8.17. The molecule has 1 unspecified atom stereocenters. The second-order valence-electron chi connectivity index (χ2n) is 7.42. The Labute approximate surface area is 154 Å². The zero-order valence-electron chi connectivity index (χ0n) is 15.4. The molecule has 2 aromatic rings. The highest BCUT2D eigenvalue weighted by Crippen LogP contribution is 2.36. The lowest BCUT2D eigenvalue weighted by Crippen LogP contribution is -2.53. The van der Waals surface area contributed by atoms with E-state index in [0.717, 1.165) is 12.1 Å². The summed E-state index contributed by atoms with van der Waals surface area (Å²) in [6, 6.07) is 14.6. The minimum atomic E-state index is -1.20. The summed E-state index contributed by atoms with van der Waals surface area (Å²) in [4.78, 5) is 14.2. The van der Waals surface area contributed by atoms with Crippen LogP contribution in [0.2, 0.25) is 5.02 Å². The van der Waals surface area contributed by atoms with Gasteiger partial charge in [0.15, 0.2) is 0 Å². The van der Waals surface area contributed by atoms with E-state index < -0.39 is 10.6 Å². The van der Waals surface area contributed by atoms with Crippen LogP contribution in [0, 0.1) is 0 Å². The minimum absolute atomic E-state index is 0.120. The largest absolute Gasteiger partial charge is 0.498 e. The Kier molecular flexibility index (Phi) is 5.57. The Morgan fingerprint density at radius 3 is 2.20 bits per heavy atom. The molecule has 4 nitrogen and oxygen atoms in total. The van der Waals surface area contributed by atoms with E-state index in [1.807, 2.05) is 38.4 Å². The number of halogens is 1. The Balaban J connectivity index is 2.58. The van der Waals surface area contributed by atoms with E-state index in [1.165, 1.54) is 0 Å². The number of carbonyl (C=O) groups excluding carboxylic acids is 1. The number of rotatable bonds is 5. The molecule has 0 saturated heterocycles. The summed E-state index contributed by atoms with van der Waals surface area (Å²) in [5.74, 6) is 0. The van der Waals surface area contributed by atoms with Crippen LogP contribution in [-0.2, 0) is 5.41 Å². The molecule has 0 aliphatic carbocycles. The van der Waals surface area contributed by atoms with Gasteiger partial charge in [-0.1, -0.05) is 43.6 Å². The molecule has 1 atom stereocenters. The summed E-state index contributed by atoms with van der Waals surface area (Å²) in [7, 11) is 5.66. The molecule has 0 N–H and O–H groups in total. The number of likely N-dealkylation sites (N-methyl/N-ethyl adjacent to an activating group) is 1. The molecule has 134 valence electrons. The minimum Gasteiger partial charge on any atom is -0.498 e. The van der Waals surface area contributed by atoms with Gasteiger partial charge in [0, 0.05) is 41.2 Å². The van der Waals surface area contributed by atoms with Gasteiger partial charge in [0.2, 0.25) is 0 Å². The topological polar surface area (TPSA) is 43.4 Å². The first-order chi connectivity index (χ1) is 11.6. The molecule has 1 amide bonds. The van der Waals surface area contributed by atoms with E-state index in [0.29, 0.717) is 16.4 Å². The predicted octanol–water partition coefficient (Wildman–Crippen LogP) is 3.79. The molecule has 0 heterocycles. The van der Waals surface area contributed by atoms with Gasteiger partial charge in [0.1, 0.15) is 11.4 Å². The third-order valence-electron chi connectivity index (χ3n) is 4.55. The van der Waals surface area contributed by atoms with Crippen molar-refractivity contribution in [2.75, 3.05) is 27.7 Å². The van der Waals surface area contributed by atoms with Crippen molar-refractivity contribution in [1.29, 1.82) is 0 Å². The fourth-order valence-electron chi connectivity index (χ4n) is 3.20. The summed E-state index contributed by atoms with van der Waals surface area (Å²) >= 11 is 6.08. The lowest BCUT2D eigenvalue weighted by atomic mass is 9.84. The summed E-state index contributed by atoms with van der Waals surface area (Å²) in [5.41, 5.74) is 2.14. The van der Waals surface area contributed by atoms with E-state index in [2.05, 4.69) is 18.7 Å². The number of carboxylic acid groups (broad SMARTS) is 1. The molecule has 0 aromatic heterocycles. The first kappa shape index (κ1) is 19.4. The Morgan fingerprint density at radius 2 is 1.68 bits per heavy atom. The summed E-state index contributed by atoms with van der Waals surface area (Å²) in [6.07, 6.45) is -1.20. The van der Waals surface area contributed by atoms with Crippen LogP contribution in [-0.4, -0.2) is 38.7 Å². The van der Waals surface area contributed by atoms with Gasteiger partial charge in [-0.25, -0.2) is 4.48 Å². The van der Waals surface area contributed by atoms with Gasteiger partial charge in [-0.3, -0.25) is 0 Å². The monoisotopic (exact) mass is 360 g/mol. The van der Waals surface area contributed by atoms with Gasteiger partial charge < -0.3 is 14.8 Å². The van der Waals surface area contributed by atoms with Crippen LogP contribution in [0.3, 0.4) is 0 Å². The quantitative estimate of drug-likeness (QED) is 0.762. The number of nitrogens with zero attached hydrogens (tertiary/aromatic N) is 2. The zero-order valence-corrected chi connectivity index (χ0v) is 16.2. The van der Waals surface area contributed by atoms with Crippen LogP contribution in [0.15, 0.2) is 48.5 Å². The average Bonchev–Trinajstić information content (AvgIpc) is 2.53. The van der Waals surface area contributed by atoms with Gasteiger partial charge in [-0.15, -0.1) is 0 Å². The highest BCUT2D eigenvalue weighted by molar-refractivity contribution is 6.30. The van der Waals surface area contributed by atoms with Crippen LogP contribution < -0.4 is 9.59 Å². The van der Waals surface area contributed by atoms with E-state index in [4.69, 9.17) is 11.6 Å². The molecule has 0 spiro atoms. The van der Waals surface area contributed by atoms with Crippen molar-refractivity contribution < 1.29 is 9.90 Å². The normalized spacial score (nSPS) is 14.4. The smallest absolute Gasteiger partial charge is 0.267 e. The van der Waals surface area contributed by atoms with Gasteiger partial charge in [0.05, 0.1) is 7.05 Å². The van der Waals surface area contributed by atoms with Crippen LogP contribution in [0.5, 0.6) is 0 Å². The maximum absolute atomic E-state index is 12.1. The van der Waals surface area contributed by atoms with E-state index >= 15 is 0 Å². The lowest BCUT2D eigenvalue weighted by molar-refractivity contribution is -0.259. The van der Waals surface area contributed by atoms with Crippen molar-refractivity contribution in [2.45, 2.75) is 19.3 Å². The molecule has 0 aliphatic heterocycles. The van der Waals surface area contributed by atoms with Crippen LogP contribution in [0.4, 0.5) is 16.2 Å². The molecule has 0 aliphatic rings. The van der Waals surface area contributed by atoms with Crippen molar-refractivity contribution in [3.8, 4) is 0 Å². The molecule has 2 rings (SSSR count). The van der Waals surface area contributed by atoms with Gasteiger partial charge in [-0.05, 0) is 25.7 Å². The maximum Gasteiger partial charge on any atom is 0.267 e. The molecular weight excluding hydrogens is 336 g/mol. The molecule has 0 radical (unpaired) electrons. The third-order valence-corrected chi connectivity index (χ3v) is 4.78. The van der Waals surface area contributed by atoms with Gasteiger partial charge in [0.25, 0.3) is 6.09 Å². The van der Waals surface area contributed by atoms with Crippen LogP contribution >= 0.6 is 11.6 Å². The molecule has 5 heteroatoms. The van der Waals surface area contributed by atoms with Crippen molar-refractivity contribution in [1.82, 2.24) is 9.38 Å². The fraction of sp³-hybridized carbons (Fsp3) is 0.350. The molecule has 0 fully saturated rings. The molecule has 0 saturated carbocycles. The standard InChI is InChI=1S/C20H25ClN2O2/c1-20(2,14-22(3)4)15-8-6-10-17(12-15)23(5,19(24)25)18-11-7-9-16(21)13-18/h6-13H,14H2,1-5H3. The van der Waals surface area contributed by atoms with Crippen molar-refractivity contribution in [3.63, 3.8) is 0 Å². The van der Waals surface area contributed by atoms with E-state index in [1.54, 1.807) is 31.3 Å². The predicted molar refractivity (Wildman–Crippen MR) is 102 cm³/mol. The summed E-state index contributed by atoms with van der Waals surface area (Å²) < 4.78 is -0.466. The summed E-state index contributed by atoms with van der Waals surface area (Å²) in [6.45, 7) is 5.15. The highest BCUT2D eigenvalue weighted by Gasteiger charge is 2.33. The third kappa shape index (κ3) is 4.03. The molecule has 0 bridgehead atoms. The lowest BCUT2D eigenvalue weighted by Gasteiger charge is -2.35. The number of amides is 1. The first-order valence-corrected chi connectivity index (χ1v) is 8.55. The molecular formula is C20H25ClN2O2. The van der Waals surface area contributed by atoms with Crippen molar-refractivity contribution in [3.05, 3.63) is 59.1 Å². The Morgan fingerprint density at radius 1 is 1.12 bits per heavy atom. The Bertz CT molecular complexity index is 774. The number of quaternary nitrogens is 1. The van der Waals surface area contributed by atoms with Crippen LogP contribution in [0.25, 0.3) is 0 Å². The highest BCUT2D eigenvalue weighted by atomic mass is 35.5.